The van der Waals surface area contributed by atoms with Crippen LogP contribution in [0.25, 0.3) is 0 Å². The molecular formula is C13H21NO5. The molecular weight excluding hydrogens is 250 g/mol. The van der Waals surface area contributed by atoms with Crippen LogP contribution in [0.1, 0.15) is 51.9 Å². The largest absolute Gasteiger partial charge is 0.481 e. The molecule has 108 valence electrons. The lowest BCUT2D eigenvalue weighted by atomic mass is 9.78. The van der Waals surface area contributed by atoms with Crippen LogP contribution in [0.4, 0.5) is 0 Å². The van der Waals surface area contributed by atoms with Gasteiger partial charge in [-0.3, -0.25) is 19.7 Å². The zero-order valence-electron chi connectivity index (χ0n) is 11.2. The summed E-state index contributed by atoms with van der Waals surface area (Å²) in [6.45, 7) is 1.93. The molecule has 6 nitrogen and oxygen atoms in total. The van der Waals surface area contributed by atoms with Gasteiger partial charge in [-0.05, 0) is 32.1 Å². The predicted octanol–water partition coefficient (Wildman–Crippen LogP) is 2.28. The first-order valence-corrected chi connectivity index (χ1v) is 6.87. The summed E-state index contributed by atoms with van der Waals surface area (Å²) in [4.78, 5) is 33.4. The van der Waals surface area contributed by atoms with Crippen molar-refractivity contribution in [2.24, 2.45) is 11.8 Å². The van der Waals surface area contributed by atoms with Crippen LogP contribution >= 0.6 is 0 Å². The fourth-order valence-corrected chi connectivity index (χ4v) is 2.65. The average molecular weight is 271 g/mol. The fourth-order valence-electron chi connectivity index (χ4n) is 2.65. The molecule has 0 bridgehead atoms. The first kappa shape index (κ1) is 15.6. The molecule has 1 aliphatic carbocycles. The van der Waals surface area contributed by atoms with Crippen LogP contribution in [-0.2, 0) is 9.59 Å². The summed E-state index contributed by atoms with van der Waals surface area (Å²) < 4.78 is 0. The normalized spacial score (nSPS) is 24.7. The van der Waals surface area contributed by atoms with Gasteiger partial charge < -0.3 is 5.11 Å². The average Bonchev–Trinajstić information content (AvgIpc) is 2.38. The Bertz CT molecular complexity index is 347. The van der Waals surface area contributed by atoms with Crippen molar-refractivity contribution in [3.8, 4) is 0 Å². The molecule has 1 N–H and O–H groups in total. The summed E-state index contributed by atoms with van der Waals surface area (Å²) in [5.41, 5.74) is 0. The Balaban J connectivity index is 2.56. The molecule has 0 aromatic carbocycles. The van der Waals surface area contributed by atoms with Crippen LogP contribution in [0.3, 0.4) is 0 Å². The number of Topliss-reactive ketones (excluding diaryl/α,β-unsaturated/α-hetero) is 1. The molecule has 0 heterocycles. The molecule has 19 heavy (non-hydrogen) atoms. The lowest BCUT2D eigenvalue weighted by Gasteiger charge is -2.25. The van der Waals surface area contributed by atoms with Gasteiger partial charge in [-0.25, -0.2) is 0 Å². The summed E-state index contributed by atoms with van der Waals surface area (Å²) in [7, 11) is 0. The molecule has 1 fully saturated rings. The zero-order chi connectivity index (χ0) is 14.4. The van der Waals surface area contributed by atoms with Gasteiger partial charge in [0.15, 0.2) is 0 Å². The van der Waals surface area contributed by atoms with E-state index in [0.29, 0.717) is 38.5 Å². The smallest absolute Gasteiger partial charge is 0.306 e. The number of carboxylic acid groups (broad SMARTS) is 1. The van der Waals surface area contributed by atoms with Crippen LogP contribution in [-0.4, -0.2) is 27.8 Å². The van der Waals surface area contributed by atoms with Crippen LogP contribution in [0, 0.1) is 22.0 Å². The highest BCUT2D eigenvalue weighted by atomic mass is 16.6. The molecule has 0 amide bonds. The van der Waals surface area contributed by atoms with Gasteiger partial charge in [0.2, 0.25) is 5.78 Å². The molecule has 0 radical (unpaired) electrons. The molecule has 0 saturated heterocycles. The lowest BCUT2D eigenvalue weighted by molar-refractivity contribution is -0.509. The van der Waals surface area contributed by atoms with Crippen molar-refractivity contribution in [3.63, 3.8) is 0 Å². The van der Waals surface area contributed by atoms with Crippen LogP contribution in [0.2, 0.25) is 0 Å². The van der Waals surface area contributed by atoms with Gasteiger partial charge in [-0.15, -0.1) is 0 Å². The van der Waals surface area contributed by atoms with Crippen molar-refractivity contribution in [1.29, 1.82) is 0 Å². The van der Waals surface area contributed by atoms with Crippen molar-refractivity contribution >= 4 is 11.8 Å². The number of aliphatic carboxylic acids is 1. The summed E-state index contributed by atoms with van der Waals surface area (Å²) in [6.07, 6.45) is 3.61. The van der Waals surface area contributed by atoms with Crippen molar-refractivity contribution in [2.75, 3.05) is 0 Å². The number of carbonyl (C=O) groups excluding carboxylic acids is 1. The minimum absolute atomic E-state index is 0.293. The molecule has 0 aromatic rings. The summed E-state index contributed by atoms with van der Waals surface area (Å²) in [5, 5.41) is 19.8. The number of carbonyl (C=O) groups is 2. The molecule has 1 atom stereocenters. The van der Waals surface area contributed by atoms with Crippen molar-refractivity contribution in [1.82, 2.24) is 0 Å². The van der Waals surface area contributed by atoms with E-state index in [4.69, 9.17) is 5.11 Å². The maximum atomic E-state index is 12.1. The predicted molar refractivity (Wildman–Crippen MR) is 68.4 cm³/mol. The minimum Gasteiger partial charge on any atom is -0.481 e. The number of carboxylic acids is 1. The van der Waals surface area contributed by atoms with Gasteiger partial charge in [-0.1, -0.05) is 13.3 Å². The molecule has 1 unspecified atom stereocenters. The monoisotopic (exact) mass is 271 g/mol. The summed E-state index contributed by atoms with van der Waals surface area (Å²) >= 11 is 0. The van der Waals surface area contributed by atoms with E-state index in [1.54, 1.807) is 0 Å². The van der Waals surface area contributed by atoms with E-state index >= 15 is 0 Å². The van der Waals surface area contributed by atoms with E-state index in [0.717, 1.165) is 6.42 Å². The number of nitro groups is 1. The van der Waals surface area contributed by atoms with E-state index in [-0.39, 0.29) is 11.7 Å². The Labute approximate surface area is 112 Å². The number of nitrogens with zero attached hydrogens (tertiary/aromatic N) is 1. The first-order valence-electron chi connectivity index (χ1n) is 6.87. The Morgan fingerprint density at radius 2 is 1.79 bits per heavy atom. The number of hydrogen-bond acceptors (Lipinski definition) is 4. The van der Waals surface area contributed by atoms with Crippen LogP contribution < -0.4 is 0 Å². The molecule has 1 aliphatic rings. The third-order valence-corrected chi connectivity index (χ3v) is 3.89. The molecule has 0 aromatic heterocycles. The van der Waals surface area contributed by atoms with E-state index in [9.17, 15) is 19.7 Å². The standard InChI is InChI=1S/C13H21NO5/c1-2-3-4-11(14(18)19)12(15)9-5-7-10(8-6-9)13(16)17/h9-11H,2-8H2,1H3,(H,16,17). The molecule has 1 saturated carbocycles. The minimum atomic E-state index is -1.11. The SMILES string of the molecule is CCCCC(C(=O)C1CCC(C(=O)O)CC1)[N+](=O)[O-]. The quantitative estimate of drug-likeness (QED) is 0.566. The van der Waals surface area contributed by atoms with E-state index in [1.165, 1.54) is 0 Å². The third kappa shape index (κ3) is 4.29. The van der Waals surface area contributed by atoms with Crippen molar-refractivity contribution in [2.45, 2.75) is 57.9 Å². The van der Waals surface area contributed by atoms with Gasteiger partial charge in [0, 0.05) is 17.3 Å². The number of unbranched alkanes of at least 4 members (excludes halogenated alkanes) is 1. The van der Waals surface area contributed by atoms with Gasteiger partial charge in [0.1, 0.15) is 0 Å². The Kier molecular flexibility index (Phi) is 5.92. The maximum Gasteiger partial charge on any atom is 0.306 e. The summed E-state index contributed by atoms with van der Waals surface area (Å²) in [5.74, 6) is -1.86. The Morgan fingerprint density at radius 1 is 1.26 bits per heavy atom. The van der Waals surface area contributed by atoms with Crippen molar-refractivity contribution in [3.05, 3.63) is 10.1 Å². The Morgan fingerprint density at radius 3 is 2.21 bits per heavy atom. The van der Waals surface area contributed by atoms with Crippen LogP contribution in [0.5, 0.6) is 0 Å². The number of hydrogen-bond donors (Lipinski definition) is 1. The highest BCUT2D eigenvalue weighted by molar-refractivity contribution is 5.85. The first-order chi connectivity index (χ1) is 8.97. The second-order valence-corrected chi connectivity index (χ2v) is 5.23. The van der Waals surface area contributed by atoms with Gasteiger partial charge in [0.05, 0.1) is 5.92 Å². The third-order valence-electron chi connectivity index (χ3n) is 3.89. The maximum absolute atomic E-state index is 12.1. The number of ketones is 1. The molecule has 1 rings (SSSR count). The van der Waals surface area contributed by atoms with Crippen molar-refractivity contribution < 1.29 is 19.6 Å². The van der Waals surface area contributed by atoms with E-state index in [1.807, 2.05) is 6.92 Å². The molecule has 0 aliphatic heterocycles. The van der Waals surface area contributed by atoms with E-state index < -0.39 is 22.9 Å². The lowest BCUT2D eigenvalue weighted by Crippen LogP contribution is -2.37. The van der Waals surface area contributed by atoms with Gasteiger partial charge in [0.25, 0.3) is 6.04 Å². The molecule has 6 heteroatoms. The second-order valence-electron chi connectivity index (χ2n) is 5.23. The van der Waals surface area contributed by atoms with Gasteiger partial charge >= 0.3 is 5.97 Å². The highest BCUT2D eigenvalue weighted by Gasteiger charge is 2.37. The highest BCUT2D eigenvalue weighted by Crippen LogP contribution is 2.31. The number of rotatable bonds is 7. The zero-order valence-corrected chi connectivity index (χ0v) is 11.2. The molecule has 0 spiro atoms. The van der Waals surface area contributed by atoms with Crippen LogP contribution in [0.15, 0.2) is 0 Å². The fraction of sp³-hybridized carbons (Fsp3) is 0.846. The Hall–Kier alpha value is -1.46. The van der Waals surface area contributed by atoms with Gasteiger partial charge in [-0.2, -0.15) is 0 Å². The topological polar surface area (TPSA) is 97.5 Å². The summed E-state index contributed by atoms with van der Waals surface area (Å²) in [6, 6.07) is -1.11. The second kappa shape index (κ2) is 7.21. The van der Waals surface area contributed by atoms with E-state index in [2.05, 4.69) is 0 Å².